The van der Waals surface area contributed by atoms with E-state index in [2.05, 4.69) is 0 Å². The van der Waals surface area contributed by atoms with Crippen molar-refractivity contribution in [2.75, 3.05) is 13.6 Å². The number of hydrogen-bond donors (Lipinski definition) is 1. The minimum absolute atomic E-state index is 0.105. The third-order valence-electron chi connectivity index (χ3n) is 3.23. The summed E-state index contributed by atoms with van der Waals surface area (Å²) in [4.78, 5) is 0.981. The molecule has 1 aliphatic rings. The Morgan fingerprint density at radius 3 is 2.71 bits per heavy atom. The molecule has 2 rings (SSSR count). The highest BCUT2D eigenvalue weighted by atomic mass is 32.2. The van der Waals surface area contributed by atoms with Gasteiger partial charge in [-0.3, -0.25) is 0 Å². The largest absolute Gasteiger partial charge is 0.391 e. The second-order valence-electron chi connectivity index (χ2n) is 4.49. The van der Waals surface area contributed by atoms with E-state index in [1.165, 1.54) is 22.1 Å². The van der Waals surface area contributed by atoms with E-state index in [-0.39, 0.29) is 6.61 Å². The van der Waals surface area contributed by atoms with Gasteiger partial charge in [-0.05, 0) is 24.8 Å². The minimum atomic E-state index is -3.37. The molecule has 0 amide bonds. The second-order valence-corrected chi connectivity index (χ2v) is 7.53. The van der Waals surface area contributed by atoms with Crippen LogP contribution in [0.2, 0.25) is 0 Å². The number of aliphatic hydroxyl groups is 1. The van der Waals surface area contributed by atoms with Gasteiger partial charge in [-0.15, -0.1) is 11.3 Å². The van der Waals surface area contributed by atoms with Gasteiger partial charge in [0.05, 0.1) is 11.5 Å². The summed E-state index contributed by atoms with van der Waals surface area (Å²) < 4.78 is 25.8. The summed E-state index contributed by atoms with van der Waals surface area (Å²) in [6.07, 6.45) is 3.47. The zero-order valence-corrected chi connectivity index (χ0v) is 11.4. The molecule has 0 unspecified atom stereocenters. The smallest absolute Gasteiger partial charge is 0.243 e. The third kappa shape index (κ3) is 2.70. The number of thiophene rings is 1. The molecule has 1 aromatic heterocycles. The van der Waals surface area contributed by atoms with E-state index in [0.717, 1.165) is 12.8 Å². The topological polar surface area (TPSA) is 57.6 Å². The maximum Gasteiger partial charge on any atom is 0.243 e. The van der Waals surface area contributed by atoms with Crippen LogP contribution in [-0.2, 0) is 16.6 Å². The van der Waals surface area contributed by atoms with Gasteiger partial charge >= 0.3 is 0 Å². The van der Waals surface area contributed by atoms with Crippen LogP contribution in [0.15, 0.2) is 16.3 Å². The fourth-order valence-electron chi connectivity index (χ4n) is 1.90. The van der Waals surface area contributed by atoms with Crippen molar-refractivity contribution in [3.8, 4) is 0 Å². The molecule has 0 radical (unpaired) electrons. The molecule has 0 bridgehead atoms. The van der Waals surface area contributed by atoms with Gasteiger partial charge in [0.1, 0.15) is 0 Å². The van der Waals surface area contributed by atoms with Crippen molar-refractivity contribution in [3.63, 3.8) is 0 Å². The molecule has 4 nitrogen and oxygen atoms in total. The van der Waals surface area contributed by atoms with Crippen LogP contribution in [0, 0.1) is 5.92 Å². The molecule has 0 atom stereocenters. The predicted molar refractivity (Wildman–Crippen MR) is 67.4 cm³/mol. The van der Waals surface area contributed by atoms with Gasteiger partial charge in [-0.25, -0.2) is 12.7 Å². The van der Waals surface area contributed by atoms with Crippen LogP contribution in [0.1, 0.15) is 24.1 Å². The summed E-state index contributed by atoms with van der Waals surface area (Å²) >= 11 is 1.28. The first-order valence-corrected chi connectivity index (χ1v) is 8.00. The van der Waals surface area contributed by atoms with Crippen LogP contribution in [0.25, 0.3) is 0 Å². The first kappa shape index (κ1) is 13.0. The first-order valence-electron chi connectivity index (χ1n) is 5.68. The molecule has 96 valence electrons. The molecule has 6 heteroatoms. The maximum absolute atomic E-state index is 12.2. The van der Waals surface area contributed by atoms with Crippen LogP contribution >= 0.6 is 11.3 Å². The van der Waals surface area contributed by atoms with E-state index >= 15 is 0 Å². The zero-order valence-electron chi connectivity index (χ0n) is 9.80. The summed E-state index contributed by atoms with van der Waals surface area (Å²) in [5.74, 6) is 0.519. The van der Waals surface area contributed by atoms with Gasteiger partial charge in [0.2, 0.25) is 10.0 Å². The van der Waals surface area contributed by atoms with Gasteiger partial charge < -0.3 is 5.11 Å². The lowest BCUT2D eigenvalue weighted by molar-refractivity contribution is 0.263. The zero-order chi connectivity index (χ0) is 12.5. The number of rotatable bonds is 5. The Morgan fingerprint density at radius 1 is 1.53 bits per heavy atom. The highest BCUT2D eigenvalue weighted by Gasteiger charge is 2.27. The monoisotopic (exact) mass is 275 g/mol. The predicted octanol–water partition coefficient (Wildman–Crippen LogP) is 1.66. The molecule has 0 aromatic carbocycles. The lowest BCUT2D eigenvalue weighted by atomic mass is 9.86. The number of aliphatic hydroxyl groups excluding tert-OH is 1. The average Bonchev–Trinajstić information content (AvgIpc) is 2.71. The lowest BCUT2D eigenvalue weighted by Gasteiger charge is -2.29. The fourth-order valence-corrected chi connectivity index (χ4v) is 4.26. The third-order valence-corrected chi connectivity index (χ3v) is 6.11. The summed E-state index contributed by atoms with van der Waals surface area (Å²) in [6, 6.07) is 1.55. The van der Waals surface area contributed by atoms with E-state index in [1.54, 1.807) is 18.5 Å². The number of hydrogen-bond acceptors (Lipinski definition) is 4. The van der Waals surface area contributed by atoms with Gasteiger partial charge in [0.15, 0.2) is 0 Å². The summed E-state index contributed by atoms with van der Waals surface area (Å²) in [5, 5.41) is 10.5. The van der Waals surface area contributed by atoms with Crippen LogP contribution in [0.3, 0.4) is 0 Å². The SMILES string of the molecule is CN(CC1CCC1)S(=O)(=O)c1csc(CO)c1. The molecule has 1 N–H and O–H groups in total. The highest BCUT2D eigenvalue weighted by Crippen LogP contribution is 2.29. The Bertz CT molecular complexity index is 477. The normalized spacial score (nSPS) is 17.4. The Hall–Kier alpha value is -0.430. The molecule has 1 fully saturated rings. The Labute approximate surface area is 106 Å². The molecule has 1 heterocycles. The number of nitrogens with zero attached hydrogens (tertiary/aromatic N) is 1. The summed E-state index contributed by atoms with van der Waals surface area (Å²) in [6.45, 7) is 0.499. The molecule has 1 aliphatic carbocycles. The van der Waals surface area contributed by atoms with Gasteiger partial charge in [0.25, 0.3) is 0 Å². The Balaban J connectivity index is 2.10. The Morgan fingerprint density at radius 2 is 2.24 bits per heavy atom. The summed E-state index contributed by atoms with van der Waals surface area (Å²) in [5.41, 5.74) is 0. The van der Waals surface area contributed by atoms with E-state index in [1.807, 2.05) is 0 Å². The second kappa shape index (κ2) is 5.06. The van der Waals surface area contributed by atoms with Crippen LogP contribution in [0.4, 0.5) is 0 Å². The van der Waals surface area contributed by atoms with Crippen molar-refractivity contribution in [2.45, 2.75) is 30.8 Å². The molecule has 1 aromatic rings. The van der Waals surface area contributed by atoms with Crippen molar-refractivity contribution >= 4 is 21.4 Å². The van der Waals surface area contributed by atoms with E-state index < -0.39 is 10.0 Å². The fraction of sp³-hybridized carbons (Fsp3) is 0.636. The molecular formula is C11H17NO3S2. The van der Waals surface area contributed by atoms with Crippen molar-refractivity contribution in [3.05, 3.63) is 16.3 Å². The molecule has 17 heavy (non-hydrogen) atoms. The first-order chi connectivity index (χ1) is 8.04. The quantitative estimate of drug-likeness (QED) is 0.889. The van der Waals surface area contributed by atoms with Crippen molar-refractivity contribution in [1.29, 1.82) is 0 Å². The van der Waals surface area contributed by atoms with Crippen LogP contribution in [-0.4, -0.2) is 31.4 Å². The Kier molecular flexibility index (Phi) is 3.87. The van der Waals surface area contributed by atoms with E-state index in [0.29, 0.717) is 22.2 Å². The average molecular weight is 275 g/mol. The van der Waals surface area contributed by atoms with Crippen molar-refractivity contribution in [1.82, 2.24) is 4.31 Å². The van der Waals surface area contributed by atoms with E-state index in [9.17, 15) is 8.42 Å². The van der Waals surface area contributed by atoms with Crippen molar-refractivity contribution < 1.29 is 13.5 Å². The lowest BCUT2D eigenvalue weighted by Crippen LogP contribution is -2.34. The maximum atomic E-state index is 12.2. The molecule has 0 spiro atoms. The number of sulfonamides is 1. The molecule has 0 aliphatic heterocycles. The molecular weight excluding hydrogens is 258 g/mol. The molecule has 0 saturated heterocycles. The molecule has 1 saturated carbocycles. The highest BCUT2D eigenvalue weighted by molar-refractivity contribution is 7.89. The van der Waals surface area contributed by atoms with Crippen molar-refractivity contribution in [2.24, 2.45) is 5.92 Å². The minimum Gasteiger partial charge on any atom is -0.391 e. The van der Waals surface area contributed by atoms with Gasteiger partial charge in [-0.1, -0.05) is 6.42 Å². The van der Waals surface area contributed by atoms with Crippen LogP contribution < -0.4 is 0 Å². The van der Waals surface area contributed by atoms with Crippen LogP contribution in [0.5, 0.6) is 0 Å². The summed E-state index contributed by atoms with van der Waals surface area (Å²) in [7, 11) is -1.74. The standard InChI is InChI=1S/C11H17NO3S2/c1-12(6-9-3-2-4-9)17(14,15)11-5-10(7-13)16-8-11/h5,8-9,13H,2-4,6-7H2,1H3. The van der Waals surface area contributed by atoms with E-state index in [4.69, 9.17) is 5.11 Å². The van der Waals surface area contributed by atoms with Gasteiger partial charge in [-0.2, -0.15) is 0 Å². The van der Waals surface area contributed by atoms with Gasteiger partial charge in [0, 0.05) is 23.8 Å².